The first-order valence-electron chi connectivity index (χ1n) is 12.1. The molecule has 1 fully saturated rings. The summed E-state index contributed by atoms with van der Waals surface area (Å²) in [6.07, 6.45) is 0. The molecule has 3 aromatic rings. The Morgan fingerprint density at radius 2 is 1.54 bits per heavy atom. The Labute approximate surface area is 207 Å². The third-order valence-electron chi connectivity index (χ3n) is 6.71. The van der Waals surface area contributed by atoms with Crippen molar-refractivity contribution in [3.8, 4) is 0 Å². The molecular weight excluding hydrogens is 436 g/mol. The number of aliphatic hydroxyl groups excluding tert-OH is 1. The molecule has 1 N–H and O–H groups in total. The molecule has 1 aliphatic rings. The van der Waals surface area contributed by atoms with E-state index in [4.69, 9.17) is 0 Å². The molecule has 1 aliphatic heterocycles. The van der Waals surface area contributed by atoms with Gasteiger partial charge in [0, 0.05) is 30.0 Å². The molecule has 1 saturated heterocycles. The van der Waals surface area contributed by atoms with Gasteiger partial charge in [0.2, 0.25) is 0 Å². The number of benzene rings is 3. The van der Waals surface area contributed by atoms with Crippen LogP contribution in [0.5, 0.6) is 0 Å². The molecule has 5 nitrogen and oxygen atoms in total. The van der Waals surface area contributed by atoms with Crippen molar-refractivity contribution in [3.05, 3.63) is 100 Å². The number of amides is 1. The summed E-state index contributed by atoms with van der Waals surface area (Å²) in [5.41, 5.74) is 5.95. The van der Waals surface area contributed by atoms with Crippen LogP contribution >= 0.6 is 0 Å². The molecule has 0 aliphatic carbocycles. The van der Waals surface area contributed by atoms with E-state index in [-0.39, 0.29) is 11.3 Å². The molecule has 1 unspecified atom stereocenters. The molecule has 0 bridgehead atoms. The first-order chi connectivity index (χ1) is 16.8. The fraction of sp³-hybridized carbons (Fsp3) is 0.267. The number of hydrogen-bond donors (Lipinski definition) is 1. The van der Waals surface area contributed by atoms with E-state index in [0.717, 1.165) is 41.0 Å². The largest absolute Gasteiger partial charge is 0.507 e. The van der Waals surface area contributed by atoms with Crippen molar-refractivity contribution in [2.45, 2.75) is 40.7 Å². The number of carbonyl (C=O) groups excluding carboxylic acids is 2. The fourth-order valence-corrected chi connectivity index (χ4v) is 4.80. The summed E-state index contributed by atoms with van der Waals surface area (Å²) >= 11 is 0. The minimum Gasteiger partial charge on any atom is -0.507 e. The Bertz CT molecular complexity index is 1300. The van der Waals surface area contributed by atoms with E-state index in [1.54, 1.807) is 0 Å². The van der Waals surface area contributed by atoms with Gasteiger partial charge in [0.15, 0.2) is 0 Å². The number of rotatable bonds is 6. The normalized spacial score (nSPS) is 17.2. The molecule has 0 spiro atoms. The Kier molecular flexibility index (Phi) is 6.79. The number of Topliss-reactive ketones (excluding diaryl/α,β-unsaturated/α-hetero) is 1. The summed E-state index contributed by atoms with van der Waals surface area (Å²) in [6.45, 7) is 11.7. The van der Waals surface area contributed by atoms with E-state index in [9.17, 15) is 14.7 Å². The monoisotopic (exact) mass is 468 g/mol. The maximum atomic E-state index is 13.4. The van der Waals surface area contributed by atoms with Gasteiger partial charge < -0.3 is 10.0 Å². The third kappa shape index (κ3) is 4.46. The fourth-order valence-electron chi connectivity index (χ4n) is 4.80. The van der Waals surface area contributed by atoms with Crippen molar-refractivity contribution in [3.63, 3.8) is 0 Å². The van der Waals surface area contributed by atoms with Crippen molar-refractivity contribution in [1.29, 1.82) is 0 Å². The standard InChI is InChI=1S/C30H32N2O3/c1-6-31(7-2)23-13-15-24(16-14-23)32-27(22-10-8-9-19(3)17-22)26(29(34)30(32)35)28(33)25-18-20(4)11-12-21(25)5/h8-18,27,33H,6-7H2,1-5H3/b28-26+. The summed E-state index contributed by atoms with van der Waals surface area (Å²) in [6, 6.07) is 20.4. The summed E-state index contributed by atoms with van der Waals surface area (Å²) in [5.74, 6) is -1.46. The molecule has 5 heteroatoms. The van der Waals surface area contributed by atoms with Crippen LogP contribution in [-0.2, 0) is 9.59 Å². The molecule has 0 saturated carbocycles. The Hall–Kier alpha value is -3.86. The molecule has 3 aromatic carbocycles. The van der Waals surface area contributed by atoms with Gasteiger partial charge in [-0.05, 0) is 76.1 Å². The van der Waals surface area contributed by atoms with E-state index in [2.05, 4.69) is 18.7 Å². The molecule has 1 atom stereocenters. The quantitative estimate of drug-likeness (QED) is 0.270. The molecule has 35 heavy (non-hydrogen) atoms. The summed E-state index contributed by atoms with van der Waals surface area (Å²) in [5, 5.41) is 11.4. The van der Waals surface area contributed by atoms with Crippen LogP contribution in [0.2, 0.25) is 0 Å². The molecule has 4 rings (SSSR count). The average molecular weight is 469 g/mol. The number of nitrogens with zero attached hydrogens (tertiary/aromatic N) is 2. The molecule has 1 amide bonds. The lowest BCUT2D eigenvalue weighted by molar-refractivity contribution is -0.132. The zero-order valence-electron chi connectivity index (χ0n) is 21.0. The predicted molar refractivity (Wildman–Crippen MR) is 142 cm³/mol. The summed E-state index contributed by atoms with van der Waals surface area (Å²) in [7, 11) is 0. The van der Waals surface area contributed by atoms with Crippen LogP contribution in [0, 0.1) is 20.8 Å². The Morgan fingerprint density at radius 1 is 0.886 bits per heavy atom. The molecular formula is C30H32N2O3. The molecule has 1 heterocycles. The van der Waals surface area contributed by atoms with Gasteiger partial charge in [0.05, 0.1) is 11.6 Å². The highest BCUT2D eigenvalue weighted by Crippen LogP contribution is 2.43. The van der Waals surface area contributed by atoms with Gasteiger partial charge in [-0.1, -0.05) is 47.5 Å². The number of carbonyl (C=O) groups is 2. The summed E-state index contributed by atoms with van der Waals surface area (Å²) < 4.78 is 0. The van der Waals surface area contributed by atoms with Gasteiger partial charge in [-0.25, -0.2) is 0 Å². The first kappa shape index (κ1) is 24.3. The maximum Gasteiger partial charge on any atom is 0.300 e. The van der Waals surface area contributed by atoms with Crippen molar-refractivity contribution < 1.29 is 14.7 Å². The lowest BCUT2D eigenvalue weighted by Gasteiger charge is -2.27. The zero-order chi connectivity index (χ0) is 25.3. The van der Waals surface area contributed by atoms with Gasteiger partial charge in [-0.3, -0.25) is 14.5 Å². The topological polar surface area (TPSA) is 60.9 Å². The minimum atomic E-state index is -0.728. The predicted octanol–water partition coefficient (Wildman–Crippen LogP) is 6.08. The second kappa shape index (κ2) is 9.79. The van der Waals surface area contributed by atoms with Crippen LogP contribution in [0.4, 0.5) is 11.4 Å². The first-order valence-corrected chi connectivity index (χ1v) is 12.1. The van der Waals surface area contributed by atoms with Crippen molar-refractivity contribution in [2.24, 2.45) is 0 Å². The van der Waals surface area contributed by atoms with Crippen LogP contribution < -0.4 is 9.80 Å². The highest BCUT2D eigenvalue weighted by molar-refractivity contribution is 6.51. The third-order valence-corrected chi connectivity index (χ3v) is 6.71. The van der Waals surface area contributed by atoms with Crippen LogP contribution in [0.3, 0.4) is 0 Å². The van der Waals surface area contributed by atoms with E-state index in [1.165, 1.54) is 4.90 Å². The number of hydrogen-bond acceptors (Lipinski definition) is 4. The highest BCUT2D eigenvalue weighted by Gasteiger charge is 2.47. The lowest BCUT2D eigenvalue weighted by atomic mass is 9.92. The lowest BCUT2D eigenvalue weighted by Crippen LogP contribution is -2.29. The van der Waals surface area contributed by atoms with Crippen molar-refractivity contribution >= 4 is 28.8 Å². The van der Waals surface area contributed by atoms with E-state index in [0.29, 0.717) is 11.3 Å². The van der Waals surface area contributed by atoms with E-state index < -0.39 is 17.7 Å². The van der Waals surface area contributed by atoms with Gasteiger partial charge in [-0.2, -0.15) is 0 Å². The van der Waals surface area contributed by atoms with Crippen LogP contribution in [0.15, 0.2) is 72.3 Å². The second-order valence-electron chi connectivity index (χ2n) is 9.09. The van der Waals surface area contributed by atoms with Crippen LogP contribution in [0.1, 0.15) is 47.7 Å². The summed E-state index contributed by atoms with van der Waals surface area (Å²) in [4.78, 5) is 30.6. The number of aliphatic hydroxyl groups is 1. The maximum absolute atomic E-state index is 13.4. The van der Waals surface area contributed by atoms with Crippen LogP contribution in [0.25, 0.3) is 5.76 Å². The van der Waals surface area contributed by atoms with Crippen molar-refractivity contribution in [1.82, 2.24) is 0 Å². The van der Waals surface area contributed by atoms with Gasteiger partial charge in [0.25, 0.3) is 11.7 Å². The SMILES string of the molecule is CCN(CC)c1ccc(N2C(=O)C(=O)/C(=C(/O)c3cc(C)ccc3C)C2c2cccc(C)c2)cc1. The van der Waals surface area contributed by atoms with E-state index >= 15 is 0 Å². The number of ketones is 1. The Balaban J connectivity index is 1.91. The molecule has 0 aromatic heterocycles. The zero-order valence-corrected chi connectivity index (χ0v) is 21.0. The van der Waals surface area contributed by atoms with Gasteiger partial charge in [-0.15, -0.1) is 0 Å². The average Bonchev–Trinajstić information content (AvgIpc) is 3.12. The second-order valence-corrected chi connectivity index (χ2v) is 9.09. The smallest absolute Gasteiger partial charge is 0.300 e. The minimum absolute atomic E-state index is 0.113. The van der Waals surface area contributed by atoms with Gasteiger partial charge in [0.1, 0.15) is 5.76 Å². The van der Waals surface area contributed by atoms with Crippen LogP contribution in [-0.4, -0.2) is 29.9 Å². The van der Waals surface area contributed by atoms with Gasteiger partial charge >= 0.3 is 0 Å². The Morgan fingerprint density at radius 3 is 2.17 bits per heavy atom. The number of aryl methyl sites for hydroxylation is 3. The van der Waals surface area contributed by atoms with Crippen molar-refractivity contribution in [2.75, 3.05) is 22.9 Å². The van der Waals surface area contributed by atoms with E-state index in [1.807, 2.05) is 87.5 Å². The number of anilines is 2. The highest BCUT2D eigenvalue weighted by atomic mass is 16.3. The molecule has 0 radical (unpaired) electrons. The molecule has 180 valence electrons.